The number of aromatic nitrogens is 1. The van der Waals surface area contributed by atoms with E-state index >= 15 is 0 Å². The van der Waals surface area contributed by atoms with Gasteiger partial charge in [0.05, 0.1) is 7.11 Å². The molecule has 1 aromatic carbocycles. The number of carbonyl (C=O) groups excluding carboxylic acids is 1. The molecule has 0 spiro atoms. The molecule has 1 fully saturated rings. The smallest absolute Gasteiger partial charge is 0.348 e. The van der Waals surface area contributed by atoms with Crippen LogP contribution in [-0.2, 0) is 4.79 Å². The largest absolute Gasteiger partial charge is 0.493 e. The van der Waals surface area contributed by atoms with Crippen LogP contribution in [-0.4, -0.2) is 52.7 Å². The summed E-state index contributed by atoms with van der Waals surface area (Å²) in [5, 5.41) is 9.78. The van der Waals surface area contributed by atoms with E-state index in [0.717, 1.165) is 0 Å². The lowest BCUT2D eigenvalue weighted by molar-refractivity contribution is -0.159. The standard InChI is InChI=1S/C19H20N2O5/c1-25-15-4-2-3-5-16(15)26-19(18(23)24)8-12-21(13-9-19)17(22)14-6-10-20-11-7-14/h2-7,10-11H,8-9,12-13H2,1H3,(H,23,24). The van der Waals surface area contributed by atoms with Gasteiger partial charge < -0.3 is 19.5 Å². The predicted octanol–water partition coefficient (Wildman–Crippen LogP) is 2.23. The van der Waals surface area contributed by atoms with Gasteiger partial charge in [-0.1, -0.05) is 12.1 Å². The number of nitrogens with zero attached hydrogens (tertiary/aromatic N) is 2. The molecule has 1 amide bonds. The van der Waals surface area contributed by atoms with Gasteiger partial charge in [0.2, 0.25) is 5.60 Å². The summed E-state index contributed by atoms with van der Waals surface area (Å²) in [6.07, 6.45) is 3.50. The molecule has 7 heteroatoms. The highest BCUT2D eigenvalue weighted by Gasteiger charge is 2.45. The number of pyridine rings is 1. The van der Waals surface area contributed by atoms with Gasteiger partial charge in [0, 0.05) is 43.9 Å². The molecule has 0 bridgehead atoms. The Bertz CT molecular complexity index is 786. The zero-order valence-electron chi connectivity index (χ0n) is 14.4. The number of carbonyl (C=O) groups is 2. The van der Waals surface area contributed by atoms with Crippen LogP contribution in [0.4, 0.5) is 0 Å². The topological polar surface area (TPSA) is 89.0 Å². The molecule has 1 aliphatic heterocycles. The first-order valence-electron chi connectivity index (χ1n) is 8.30. The first kappa shape index (κ1) is 17.7. The Hall–Kier alpha value is -3.09. The maximum absolute atomic E-state index is 12.5. The van der Waals surface area contributed by atoms with E-state index < -0.39 is 11.6 Å². The lowest BCUT2D eigenvalue weighted by Crippen LogP contribution is -2.54. The van der Waals surface area contributed by atoms with Gasteiger partial charge in [0.15, 0.2) is 11.5 Å². The summed E-state index contributed by atoms with van der Waals surface area (Å²) in [6, 6.07) is 10.2. The highest BCUT2D eigenvalue weighted by molar-refractivity contribution is 5.94. The molecule has 0 radical (unpaired) electrons. The van der Waals surface area contributed by atoms with Crippen molar-refractivity contribution in [3.63, 3.8) is 0 Å². The molecule has 2 aromatic rings. The fourth-order valence-electron chi connectivity index (χ4n) is 3.02. The molecular weight excluding hydrogens is 336 g/mol. The van der Waals surface area contributed by atoms with E-state index in [4.69, 9.17) is 9.47 Å². The van der Waals surface area contributed by atoms with Crippen molar-refractivity contribution in [3.8, 4) is 11.5 Å². The van der Waals surface area contributed by atoms with Gasteiger partial charge in [0.1, 0.15) is 0 Å². The Balaban J connectivity index is 1.75. The van der Waals surface area contributed by atoms with E-state index in [1.807, 2.05) is 0 Å². The zero-order chi connectivity index (χ0) is 18.6. The number of ether oxygens (including phenoxy) is 2. The van der Waals surface area contributed by atoms with Gasteiger partial charge in [-0.3, -0.25) is 9.78 Å². The third-order valence-corrected chi connectivity index (χ3v) is 4.55. The van der Waals surface area contributed by atoms with E-state index in [1.54, 1.807) is 53.7 Å². The number of rotatable bonds is 5. The normalized spacial score (nSPS) is 16.0. The highest BCUT2D eigenvalue weighted by atomic mass is 16.5. The second-order valence-electron chi connectivity index (χ2n) is 6.08. The lowest BCUT2D eigenvalue weighted by Gasteiger charge is -2.39. The minimum atomic E-state index is -1.39. The van der Waals surface area contributed by atoms with Crippen molar-refractivity contribution in [2.45, 2.75) is 18.4 Å². The molecule has 26 heavy (non-hydrogen) atoms. The van der Waals surface area contributed by atoms with Crippen molar-refractivity contribution in [1.82, 2.24) is 9.88 Å². The first-order valence-corrected chi connectivity index (χ1v) is 8.30. The molecule has 1 saturated heterocycles. The van der Waals surface area contributed by atoms with Crippen LogP contribution < -0.4 is 9.47 Å². The predicted molar refractivity (Wildman–Crippen MR) is 93.4 cm³/mol. The van der Waals surface area contributed by atoms with Crippen molar-refractivity contribution < 1.29 is 24.2 Å². The summed E-state index contributed by atoms with van der Waals surface area (Å²) < 4.78 is 11.1. The highest BCUT2D eigenvalue weighted by Crippen LogP contribution is 2.34. The first-order chi connectivity index (χ1) is 12.6. The Labute approximate surface area is 151 Å². The summed E-state index contributed by atoms with van der Waals surface area (Å²) in [5.74, 6) is -0.321. The third kappa shape index (κ3) is 3.46. The van der Waals surface area contributed by atoms with Crippen LogP contribution in [0.5, 0.6) is 11.5 Å². The second kappa shape index (κ2) is 7.43. The molecular formula is C19H20N2O5. The van der Waals surface area contributed by atoms with Gasteiger partial charge in [0.25, 0.3) is 5.91 Å². The van der Waals surface area contributed by atoms with Gasteiger partial charge in [-0.05, 0) is 24.3 Å². The molecule has 136 valence electrons. The summed E-state index contributed by atoms with van der Waals surface area (Å²) in [5.41, 5.74) is -0.850. The van der Waals surface area contributed by atoms with E-state index in [1.165, 1.54) is 7.11 Å². The fourth-order valence-corrected chi connectivity index (χ4v) is 3.02. The molecule has 3 rings (SSSR count). The SMILES string of the molecule is COc1ccccc1OC1(C(=O)O)CCN(C(=O)c2ccncc2)CC1. The quantitative estimate of drug-likeness (QED) is 0.884. The van der Waals surface area contributed by atoms with Crippen LogP contribution in [0.15, 0.2) is 48.8 Å². The third-order valence-electron chi connectivity index (χ3n) is 4.55. The number of piperidine rings is 1. The maximum Gasteiger partial charge on any atom is 0.348 e. The van der Waals surface area contributed by atoms with E-state index in [-0.39, 0.29) is 18.7 Å². The number of hydrogen-bond acceptors (Lipinski definition) is 5. The van der Waals surface area contributed by atoms with Crippen LogP contribution >= 0.6 is 0 Å². The molecule has 1 aliphatic rings. The maximum atomic E-state index is 12.5. The molecule has 7 nitrogen and oxygen atoms in total. The number of methoxy groups -OCH3 is 1. The number of amides is 1. The molecule has 1 aromatic heterocycles. The second-order valence-corrected chi connectivity index (χ2v) is 6.08. The molecule has 0 saturated carbocycles. The van der Waals surface area contributed by atoms with Crippen LogP contribution in [0.2, 0.25) is 0 Å². The Kier molecular flexibility index (Phi) is 5.06. The summed E-state index contributed by atoms with van der Waals surface area (Å²) in [7, 11) is 1.51. The summed E-state index contributed by atoms with van der Waals surface area (Å²) >= 11 is 0. The number of likely N-dealkylation sites (tertiary alicyclic amines) is 1. The molecule has 0 atom stereocenters. The number of aliphatic carboxylic acids is 1. The molecule has 1 N–H and O–H groups in total. The Morgan fingerprint density at radius 2 is 1.69 bits per heavy atom. The average molecular weight is 356 g/mol. The molecule has 0 unspecified atom stereocenters. The zero-order valence-corrected chi connectivity index (χ0v) is 14.4. The minimum Gasteiger partial charge on any atom is -0.493 e. The van der Waals surface area contributed by atoms with E-state index in [0.29, 0.717) is 30.2 Å². The summed E-state index contributed by atoms with van der Waals surface area (Å²) in [6.45, 7) is 0.589. The monoisotopic (exact) mass is 356 g/mol. The van der Waals surface area contributed by atoms with Crippen molar-refractivity contribution >= 4 is 11.9 Å². The fraction of sp³-hybridized carbons (Fsp3) is 0.316. The minimum absolute atomic E-state index is 0.135. The number of benzene rings is 1. The van der Waals surface area contributed by atoms with Crippen molar-refractivity contribution in [2.24, 2.45) is 0 Å². The van der Waals surface area contributed by atoms with Crippen LogP contribution in [0.25, 0.3) is 0 Å². The Morgan fingerprint density at radius 1 is 1.08 bits per heavy atom. The van der Waals surface area contributed by atoms with Crippen LogP contribution in [0.3, 0.4) is 0 Å². The van der Waals surface area contributed by atoms with Crippen molar-refractivity contribution in [3.05, 3.63) is 54.4 Å². The van der Waals surface area contributed by atoms with Crippen LogP contribution in [0.1, 0.15) is 23.2 Å². The number of carboxylic acids is 1. The van der Waals surface area contributed by atoms with Crippen molar-refractivity contribution in [2.75, 3.05) is 20.2 Å². The molecule has 2 heterocycles. The number of hydrogen-bond donors (Lipinski definition) is 1. The molecule has 0 aliphatic carbocycles. The van der Waals surface area contributed by atoms with Crippen LogP contribution in [0, 0.1) is 0 Å². The summed E-state index contributed by atoms with van der Waals surface area (Å²) in [4.78, 5) is 30.0. The van der Waals surface area contributed by atoms with Crippen molar-refractivity contribution in [1.29, 1.82) is 0 Å². The van der Waals surface area contributed by atoms with Gasteiger partial charge in [-0.25, -0.2) is 4.79 Å². The average Bonchev–Trinajstić information content (AvgIpc) is 2.69. The lowest BCUT2D eigenvalue weighted by atomic mass is 9.90. The number of para-hydroxylation sites is 2. The van der Waals surface area contributed by atoms with Gasteiger partial charge >= 0.3 is 5.97 Å². The number of carboxylic acid groups (broad SMARTS) is 1. The van der Waals surface area contributed by atoms with Gasteiger partial charge in [-0.15, -0.1) is 0 Å². The Morgan fingerprint density at radius 3 is 2.27 bits per heavy atom. The van der Waals surface area contributed by atoms with E-state index in [9.17, 15) is 14.7 Å². The van der Waals surface area contributed by atoms with Gasteiger partial charge in [-0.2, -0.15) is 0 Å². The van der Waals surface area contributed by atoms with E-state index in [2.05, 4.69) is 4.98 Å².